The molecule has 2 amide bonds. The largest absolute Gasteiger partial charge is 0.489 e. The smallest absolute Gasteiger partial charge is 0.276 e. The van der Waals surface area contributed by atoms with E-state index in [0.29, 0.717) is 23.7 Å². The Morgan fingerprint density at radius 2 is 1.43 bits per heavy atom. The molecule has 0 saturated heterocycles. The summed E-state index contributed by atoms with van der Waals surface area (Å²) in [6, 6.07) is 22.2. The molecule has 0 spiro atoms. The van der Waals surface area contributed by atoms with E-state index in [1.807, 2.05) is 50.2 Å². The molecule has 0 unspecified atom stereocenters. The fourth-order valence-corrected chi connectivity index (χ4v) is 2.64. The minimum atomic E-state index is -0.461. The molecule has 0 fully saturated rings. The van der Waals surface area contributed by atoms with Crippen LogP contribution in [0.3, 0.4) is 0 Å². The van der Waals surface area contributed by atoms with Crippen LogP contribution in [0.5, 0.6) is 11.5 Å². The summed E-state index contributed by atoms with van der Waals surface area (Å²) < 4.78 is 11.2. The van der Waals surface area contributed by atoms with Crippen LogP contribution in [0.4, 0.5) is 0 Å². The molecule has 0 heterocycles. The van der Waals surface area contributed by atoms with Gasteiger partial charge in [0.1, 0.15) is 18.1 Å². The number of benzene rings is 3. The van der Waals surface area contributed by atoms with Crippen molar-refractivity contribution in [3.05, 3.63) is 95.1 Å². The standard InChI is InChI=1S/C24H24N2O4/c1-17-8-9-20(14-18(17)2)24(28)26-25-23(27)16-30-22-12-10-21(11-13-22)29-15-19-6-4-3-5-7-19/h3-14H,15-16H2,1-2H3,(H,25,27)(H,26,28). The number of nitrogens with one attached hydrogen (secondary N) is 2. The summed E-state index contributed by atoms with van der Waals surface area (Å²) in [5.41, 5.74) is 8.40. The number of hydrogen-bond donors (Lipinski definition) is 2. The first-order chi connectivity index (χ1) is 14.5. The quantitative estimate of drug-likeness (QED) is 0.589. The molecule has 0 atom stereocenters. The fourth-order valence-electron chi connectivity index (χ4n) is 2.64. The third-order valence-corrected chi connectivity index (χ3v) is 4.53. The van der Waals surface area contributed by atoms with Gasteiger partial charge in [-0.1, -0.05) is 36.4 Å². The van der Waals surface area contributed by atoms with Crippen molar-refractivity contribution in [2.75, 3.05) is 6.61 Å². The van der Waals surface area contributed by atoms with Gasteiger partial charge in [0.15, 0.2) is 6.61 Å². The molecule has 0 aliphatic carbocycles. The van der Waals surface area contributed by atoms with E-state index in [2.05, 4.69) is 10.9 Å². The Labute approximate surface area is 175 Å². The normalized spacial score (nSPS) is 10.2. The first-order valence-electron chi connectivity index (χ1n) is 9.57. The van der Waals surface area contributed by atoms with Crippen LogP contribution in [-0.4, -0.2) is 18.4 Å². The van der Waals surface area contributed by atoms with Crippen LogP contribution < -0.4 is 20.3 Å². The Hall–Kier alpha value is -3.80. The van der Waals surface area contributed by atoms with Gasteiger partial charge in [0.2, 0.25) is 0 Å². The zero-order chi connectivity index (χ0) is 21.3. The highest BCUT2D eigenvalue weighted by Gasteiger charge is 2.09. The molecule has 6 heteroatoms. The Morgan fingerprint density at radius 3 is 2.10 bits per heavy atom. The molecular formula is C24H24N2O4. The maximum absolute atomic E-state index is 12.1. The van der Waals surface area contributed by atoms with Gasteiger partial charge in [-0.15, -0.1) is 0 Å². The van der Waals surface area contributed by atoms with Crippen LogP contribution >= 0.6 is 0 Å². The van der Waals surface area contributed by atoms with Gasteiger partial charge in [-0.2, -0.15) is 0 Å². The number of carbonyl (C=O) groups is 2. The van der Waals surface area contributed by atoms with E-state index in [1.165, 1.54) is 0 Å². The lowest BCUT2D eigenvalue weighted by molar-refractivity contribution is -0.123. The second-order valence-electron chi connectivity index (χ2n) is 6.84. The molecule has 0 aromatic heterocycles. The summed E-state index contributed by atoms with van der Waals surface area (Å²) in [6.45, 7) is 4.15. The van der Waals surface area contributed by atoms with E-state index < -0.39 is 5.91 Å². The lowest BCUT2D eigenvalue weighted by Gasteiger charge is -2.10. The van der Waals surface area contributed by atoms with Crippen LogP contribution in [-0.2, 0) is 11.4 Å². The van der Waals surface area contributed by atoms with Crippen molar-refractivity contribution in [2.24, 2.45) is 0 Å². The van der Waals surface area contributed by atoms with Crippen molar-refractivity contribution in [1.82, 2.24) is 10.9 Å². The topological polar surface area (TPSA) is 76.7 Å². The average molecular weight is 404 g/mol. The lowest BCUT2D eigenvalue weighted by atomic mass is 10.1. The van der Waals surface area contributed by atoms with Crippen molar-refractivity contribution in [2.45, 2.75) is 20.5 Å². The Morgan fingerprint density at radius 1 is 0.767 bits per heavy atom. The highest BCUT2D eigenvalue weighted by molar-refractivity contribution is 5.95. The zero-order valence-electron chi connectivity index (χ0n) is 17.0. The highest BCUT2D eigenvalue weighted by Crippen LogP contribution is 2.18. The minimum absolute atomic E-state index is 0.225. The SMILES string of the molecule is Cc1ccc(C(=O)NNC(=O)COc2ccc(OCc3ccccc3)cc2)cc1C. The van der Waals surface area contributed by atoms with Crippen molar-refractivity contribution in [3.8, 4) is 11.5 Å². The first kappa shape index (κ1) is 20.9. The van der Waals surface area contributed by atoms with E-state index >= 15 is 0 Å². The summed E-state index contributed by atoms with van der Waals surface area (Å²) in [5.74, 6) is 0.386. The van der Waals surface area contributed by atoms with E-state index in [1.54, 1.807) is 36.4 Å². The Bertz CT molecular complexity index is 1000. The monoisotopic (exact) mass is 404 g/mol. The summed E-state index contributed by atoms with van der Waals surface area (Å²) in [4.78, 5) is 24.0. The number of hydrogen-bond acceptors (Lipinski definition) is 4. The molecule has 0 aliphatic heterocycles. The zero-order valence-corrected chi connectivity index (χ0v) is 17.0. The van der Waals surface area contributed by atoms with Crippen LogP contribution in [0.1, 0.15) is 27.0 Å². The molecule has 0 aliphatic rings. The first-order valence-corrected chi connectivity index (χ1v) is 9.57. The molecule has 0 bridgehead atoms. The maximum Gasteiger partial charge on any atom is 0.276 e. The van der Waals surface area contributed by atoms with Gasteiger partial charge in [-0.25, -0.2) is 0 Å². The van der Waals surface area contributed by atoms with Crippen LogP contribution in [0, 0.1) is 13.8 Å². The Balaban J connectivity index is 1.40. The van der Waals surface area contributed by atoms with Gasteiger partial charge in [-0.3, -0.25) is 20.4 Å². The van der Waals surface area contributed by atoms with Gasteiger partial charge >= 0.3 is 0 Å². The molecule has 3 aromatic carbocycles. The molecule has 0 saturated carbocycles. The van der Waals surface area contributed by atoms with Crippen molar-refractivity contribution in [1.29, 1.82) is 0 Å². The third kappa shape index (κ3) is 6.10. The number of aryl methyl sites for hydroxylation is 2. The van der Waals surface area contributed by atoms with Crippen molar-refractivity contribution in [3.63, 3.8) is 0 Å². The van der Waals surface area contributed by atoms with Gasteiger partial charge in [0.25, 0.3) is 11.8 Å². The predicted octanol–water partition coefficient (Wildman–Crippen LogP) is 3.72. The number of rotatable bonds is 7. The second kappa shape index (κ2) is 10.1. The van der Waals surface area contributed by atoms with E-state index in [-0.39, 0.29) is 12.5 Å². The highest BCUT2D eigenvalue weighted by atomic mass is 16.5. The molecule has 154 valence electrons. The average Bonchev–Trinajstić information content (AvgIpc) is 2.78. The van der Waals surface area contributed by atoms with Gasteiger partial charge in [-0.05, 0) is 66.9 Å². The molecule has 6 nitrogen and oxygen atoms in total. The molecule has 0 radical (unpaired) electrons. The third-order valence-electron chi connectivity index (χ3n) is 4.53. The van der Waals surface area contributed by atoms with E-state index in [4.69, 9.17) is 9.47 Å². The van der Waals surface area contributed by atoms with Crippen LogP contribution in [0.15, 0.2) is 72.8 Å². The summed E-state index contributed by atoms with van der Waals surface area (Å²) in [6.07, 6.45) is 0. The minimum Gasteiger partial charge on any atom is -0.489 e. The van der Waals surface area contributed by atoms with Crippen molar-refractivity contribution < 1.29 is 19.1 Å². The van der Waals surface area contributed by atoms with Crippen LogP contribution in [0.25, 0.3) is 0 Å². The molecule has 30 heavy (non-hydrogen) atoms. The number of carbonyl (C=O) groups excluding carboxylic acids is 2. The number of ether oxygens (including phenoxy) is 2. The summed E-state index contributed by atoms with van der Waals surface area (Å²) >= 11 is 0. The van der Waals surface area contributed by atoms with Crippen LogP contribution in [0.2, 0.25) is 0 Å². The fraction of sp³-hybridized carbons (Fsp3) is 0.167. The molecular weight excluding hydrogens is 380 g/mol. The number of amides is 2. The lowest BCUT2D eigenvalue weighted by Crippen LogP contribution is -2.43. The molecule has 3 aromatic rings. The molecule has 3 rings (SSSR count). The summed E-state index contributed by atoms with van der Waals surface area (Å²) in [5, 5.41) is 0. The van der Waals surface area contributed by atoms with Gasteiger partial charge in [0.05, 0.1) is 0 Å². The summed E-state index contributed by atoms with van der Waals surface area (Å²) in [7, 11) is 0. The van der Waals surface area contributed by atoms with Gasteiger partial charge in [0, 0.05) is 5.56 Å². The van der Waals surface area contributed by atoms with E-state index in [0.717, 1.165) is 16.7 Å². The van der Waals surface area contributed by atoms with Gasteiger partial charge < -0.3 is 9.47 Å². The Kier molecular flexibility index (Phi) is 7.05. The molecule has 2 N–H and O–H groups in total. The number of hydrazine groups is 1. The second-order valence-corrected chi connectivity index (χ2v) is 6.84. The van der Waals surface area contributed by atoms with Crippen molar-refractivity contribution >= 4 is 11.8 Å². The van der Waals surface area contributed by atoms with E-state index in [9.17, 15) is 9.59 Å². The maximum atomic E-state index is 12.1. The predicted molar refractivity (Wildman–Crippen MR) is 114 cm³/mol.